The molecule has 0 spiro atoms. The van der Waals surface area contributed by atoms with Crippen LogP contribution in [0.1, 0.15) is 0 Å². The van der Waals surface area contributed by atoms with Gasteiger partial charge in [0.25, 0.3) is 0 Å². The first kappa shape index (κ1) is 49.1. The van der Waals surface area contributed by atoms with Gasteiger partial charge in [0.1, 0.15) is 176 Å². The molecule has 5 nitrogen and oxygen atoms in total. The van der Waals surface area contributed by atoms with Gasteiger partial charge in [-0.2, -0.15) is 0 Å². The zero-order valence-corrected chi connectivity index (χ0v) is 37.4. The van der Waals surface area contributed by atoms with Gasteiger partial charge in [0, 0.05) is 49.7 Å². The lowest BCUT2D eigenvalue weighted by Gasteiger charge is -2.22. The Morgan fingerprint density at radius 3 is 1.14 bits per heavy atom. The van der Waals surface area contributed by atoms with E-state index < -0.39 is 0 Å². The Balaban J connectivity index is 1.31. The topological polar surface area (TPSA) is 56.7 Å². The standard InChI is InChI=1S/C45H7B21N4O/c46-13-6-15(48)40-19(23(13)50)20-24(51)14(47)7-16(49)41(20)70(40)9-4-11-10-2-1-8(3-17(10)71-42(11)12(5-9)18-25(52)31(58)37(64)32(59)26(18)53)43-67-44(21-27(54)33(60)38(65)34(61)28(21)55)69-45(68-43)22-29(56)35(62)39(66)36(63)30(22)57/h1-7H. The number of hydrogen-bond acceptors (Lipinski definition) is 4. The van der Waals surface area contributed by atoms with E-state index in [0.717, 1.165) is 0 Å². The number of aromatic nitrogens is 4. The summed E-state index contributed by atoms with van der Waals surface area (Å²) in [5.41, 5.74) is 3.42. The van der Waals surface area contributed by atoms with Crippen molar-refractivity contribution in [3.63, 3.8) is 0 Å². The van der Waals surface area contributed by atoms with Crippen molar-refractivity contribution >= 4 is 323 Å². The monoisotopic (exact) mass is 850 g/mol. The van der Waals surface area contributed by atoms with Crippen molar-refractivity contribution in [2.45, 2.75) is 0 Å². The molecule has 0 amide bonds. The van der Waals surface area contributed by atoms with E-state index in [1.165, 1.54) is 12.1 Å². The first-order valence-electron chi connectivity index (χ1n) is 21.0. The Labute approximate surface area is 438 Å². The predicted molar refractivity (Wildman–Crippen MR) is 316 cm³/mol. The number of nitrogens with zero attached hydrogens (tertiary/aromatic N) is 4. The SMILES string of the molecule is [B]c1cc([B])c2c(c1[B])c1c([B])c([B])cc([B])c1n2-c1cc(-c2c([B])c([B])c([B])c([B])c2[B])c2oc3cc(-c4nc(-c5c([B])c([B])c([B])c([B])c5[B])nc(-c5c([B])c([B])c([B])c([B])c5[B])n4)ccc3c2c1. The van der Waals surface area contributed by atoms with Crippen LogP contribution in [0.2, 0.25) is 0 Å². The Hall–Kier alpha value is -5.49. The Morgan fingerprint density at radius 1 is 0.338 bits per heavy atom. The van der Waals surface area contributed by atoms with Crippen LogP contribution in [0.4, 0.5) is 0 Å². The van der Waals surface area contributed by atoms with Gasteiger partial charge >= 0.3 is 0 Å². The molecule has 3 aromatic heterocycles. The largest absolute Gasteiger partial charge is 0.455 e. The smallest absolute Gasteiger partial charge is 0.164 e. The van der Waals surface area contributed by atoms with Crippen LogP contribution in [0.3, 0.4) is 0 Å². The lowest BCUT2D eigenvalue weighted by molar-refractivity contribution is 0.670. The van der Waals surface area contributed by atoms with E-state index in [1.54, 1.807) is 28.8 Å². The average molecular weight is 847 g/mol. The third-order valence-corrected chi connectivity index (χ3v) is 13.0. The molecule has 0 aliphatic rings. The molecule has 0 saturated carbocycles. The number of furan rings is 1. The van der Waals surface area contributed by atoms with Crippen LogP contribution in [-0.4, -0.2) is 184 Å². The highest BCUT2D eigenvalue weighted by atomic mass is 16.3. The maximum Gasteiger partial charge on any atom is 0.164 e. The van der Waals surface area contributed by atoms with E-state index in [2.05, 4.69) is 4.98 Å². The van der Waals surface area contributed by atoms with Crippen LogP contribution in [0, 0.1) is 0 Å². The van der Waals surface area contributed by atoms with Gasteiger partial charge in [0.15, 0.2) is 17.5 Å². The van der Waals surface area contributed by atoms with E-state index >= 15 is 0 Å². The van der Waals surface area contributed by atoms with Gasteiger partial charge in [0.2, 0.25) is 0 Å². The zero-order valence-electron chi connectivity index (χ0n) is 37.4. The highest BCUT2D eigenvalue weighted by molar-refractivity contribution is 6.71. The van der Waals surface area contributed by atoms with Crippen LogP contribution < -0.4 is 115 Å². The van der Waals surface area contributed by atoms with Crippen molar-refractivity contribution < 1.29 is 4.42 Å². The molecule has 276 valence electrons. The molecule has 0 fully saturated rings. The van der Waals surface area contributed by atoms with Crippen LogP contribution in [0.15, 0.2) is 46.9 Å². The van der Waals surface area contributed by atoms with Gasteiger partial charge in [-0.05, 0) is 40.6 Å². The molecule has 10 rings (SSSR count). The van der Waals surface area contributed by atoms with Gasteiger partial charge in [-0.1, -0.05) is 72.8 Å². The third kappa shape index (κ3) is 7.17. The summed E-state index contributed by atoms with van der Waals surface area (Å²) in [6.45, 7) is 0. The maximum atomic E-state index is 6.79. The molecule has 71 heavy (non-hydrogen) atoms. The maximum absolute atomic E-state index is 6.79. The molecule has 0 bridgehead atoms. The molecule has 0 atom stereocenters. The van der Waals surface area contributed by atoms with Crippen molar-refractivity contribution in [1.29, 1.82) is 0 Å². The molecule has 0 aliphatic heterocycles. The van der Waals surface area contributed by atoms with Crippen molar-refractivity contribution in [2.75, 3.05) is 0 Å². The highest BCUT2D eigenvalue weighted by Gasteiger charge is 2.26. The summed E-state index contributed by atoms with van der Waals surface area (Å²) in [5.74, 6) is -0.199. The van der Waals surface area contributed by atoms with Crippen LogP contribution in [0.5, 0.6) is 0 Å². The van der Waals surface area contributed by atoms with E-state index in [-0.39, 0.29) is 154 Å². The summed E-state index contributed by atoms with van der Waals surface area (Å²) >= 11 is 0. The second-order valence-corrected chi connectivity index (χ2v) is 17.0. The van der Waals surface area contributed by atoms with Crippen LogP contribution >= 0.6 is 0 Å². The van der Waals surface area contributed by atoms with Gasteiger partial charge in [-0.25, -0.2) is 15.0 Å². The lowest BCUT2D eigenvalue weighted by Crippen LogP contribution is -2.55. The van der Waals surface area contributed by atoms with E-state index in [4.69, 9.17) is 179 Å². The first-order valence-corrected chi connectivity index (χ1v) is 21.0. The van der Waals surface area contributed by atoms with Crippen molar-refractivity contribution in [1.82, 2.24) is 19.5 Å². The second kappa shape index (κ2) is 17.3. The molecular formula is C45H7B21N4O. The Kier molecular flexibility index (Phi) is 12.0. The highest BCUT2D eigenvalue weighted by Crippen LogP contribution is 2.40. The summed E-state index contributed by atoms with van der Waals surface area (Å²) in [7, 11) is 136. The Morgan fingerprint density at radius 2 is 0.718 bits per heavy atom. The molecule has 0 unspecified atom stereocenters. The fourth-order valence-corrected chi connectivity index (χ4v) is 9.18. The number of hydrogen-bond donors (Lipinski definition) is 0. The molecular weight excluding hydrogens is 840 g/mol. The van der Waals surface area contributed by atoms with Gasteiger partial charge in [-0.3, -0.25) is 0 Å². The quantitative estimate of drug-likeness (QED) is 0.162. The molecule has 0 N–H and O–H groups in total. The normalized spacial score (nSPS) is 11.7. The molecule has 26 heteroatoms. The van der Waals surface area contributed by atoms with Crippen molar-refractivity contribution in [2.24, 2.45) is 0 Å². The first-order chi connectivity index (χ1) is 33.5. The average Bonchev–Trinajstić information content (AvgIpc) is 3.91. The molecule has 0 saturated heterocycles. The van der Waals surface area contributed by atoms with Gasteiger partial charge in [-0.15, -0.1) is 60.1 Å². The molecule has 10 aromatic rings. The zero-order chi connectivity index (χ0) is 51.3. The van der Waals surface area contributed by atoms with Gasteiger partial charge < -0.3 is 8.98 Å². The summed E-state index contributed by atoms with van der Waals surface area (Å²) in [4.78, 5) is 14.3. The minimum absolute atomic E-state index is 0.00808. The molecule has 42 radical (unpaired) electrons. The molecule has 3 heterocycles. The van der Waals surface area contributed by atoms with Gasteiger partial charge in [0.05, 0.1) is 0 Å². The third-order valence-electron chi connectivity index (χ3n) is 13.0. The van der Waals surface area contributed by atoms with E-state index in [9.17, 15) is 0 Å². The van der Waals surface area contributed by atoms with E-state index in [1.807, 2.05) is 6.07 Å². The Bertz CT molecular complexity index is 3850. The van der Waals surface area contributed by atoms with Crippen molar-refractivity contribution in [3.8, 4) is 51.0 Å². The number of benzene rings is 7. The molecule has 7 aromatic carbocycles. The number of rotatable bonds is 5. The summed E-state index contributed by atoms with van der Waals surface area (Å²) in [6.07, 6.45) is 0. The summed E-state index contributed by atoms with van der Waals surface area (Å²) < 4.78 is 8.56. The fraction of sp³-hybridized carbons (Fsp3) is 0. The van der Waals surface area contributed by atoms with E-state index in [0.29, 0.717) is 55.0 Å². The summed E-state index contributed by atoms with van der Waals surface area (Å²) in [6, 6.07) is 11.8. The summed E-state index contributed by atoms with van der Waals surface area (Å²) in [5, 5.41) is 1.90. The predicted octanol–water partition coefficient (Wildman–Crippen LogP) is -13.8. The van der Waals surface area contributed by atoms with Crippen molar-refractivity contribution in [3.05, 3.63) is 42.5 Å². The second-order valence-electron chi connectivity index (χ2n) is 17.0. The minimum Gasteiger partial charge on any atom is -0.455 e. The van der Waals surface area contributed by atoms with Crippen LogP contribution in [-0.2, 0) is 0 Å². The molecule has 0 aliphatic carbocycles. The minimum atomic E-state index is -0.109. The number of fused-ring (bicyclic) bond motifs is 6. The fourth-order valence-electron chi connectivity index (χ4n) is 9.18. The lowest BCUT2D eigenvalue weighted by atomic mass is 9.59. The van der Waals surface area contributed by atoms with Crippen LogP contribution in [0.25, 0.3) is 94.7 Å².